The van der Waals surface area contributed by atoms with Gasteiger partial charge in [-0.05, 0) is 61.9 Å². The normalized spacial score (nSPS) is 14.5. The highest BCUT2D eigenvalue weighted by atomic mass is 35.5. The maximum atomic E-state index is 12.9. The molecule has 1 fully saturated rings. The van der Waals surface area contributed by atoms with Gasteiger partial charge in [0.15, 0.2) is 0 Å². The lowest BCUT2D eigenvalue weighted by atomic mass is 10.0. The summed E-state index contributed by atoms with van der Waals surface area (Å²) in [5.41, 5.74) is 1.95. The molecular weight excluding hydrogens is 396 g/mol. The van der Waals surface area contributed by atoms with Gasteiger partial charge in [0, 0.05) is 42.7 Å². The molecule has 1 heterocycles. The second kappa shape index (κ2) is 11.2. The molecule has 0 unspecified atom stereocenters. The number of hydrogen-bond donors (Lipinski definition) is 0. The van der Waals surface area contributed by atoms with E-state index >= 15 is 0 Å². The molecule has 1 aliphatic heterocycles. The van der Waals surface area contributed by atoms with Crippen molar-refractivity contribution in [1.82, 2.24) is 9.80 Å². The summed E-state index contributed by atoms with van der Waals surface area (Å²) in [5.74, 6) is 0.323. The minimum atomic E-state index is 0.0883. The van der Waals surface area contributed by atoms with Crippen LogP contribution in [0.4, 0.5) is 0 Å². The van der Waals surface area contributed by atoms with Gasteiger partial charge in [-0.25, -0.2) is 0 Å². The number of hydrogen-bond acceptors (Lipinski definition) is 2. The van der Waals surface area contributed by atoms with Gasteiger partial charge in [-0.3, -0.25) is 9.59 Å². The average Bonchev–Trinajstić information content (AvgIpc) is 2.79. The van der Waals surface area contributed by atoms with Crippen molar-refractivity contribution < 1.29 is 9.59 Å². The molecule has 0 atom stereocenters. The van der Waals surface area contributed by atoms with E-state index in [1.165, 1.54) is 5.56 Å². The summed E-state index contributed by atoms with van der Waals surface area (Å²) in [4.78, 5) is 29.6. The van der Waals surface area contributed by atoms with E-state index in [2.05, 4.69) is 11.8 Å². The lowest BCUT2D eigenvalue weighted by Crippen LogP contribution is -2.49. The molecule has 0 aliphatic carbocycles. The Labute approximate surface area is 184 Å². The molecule has 4 nitrogen and oxygen atoms in total. The lowest BCUT2D eigenvalue weighted by molar-refractivity contribution is -0.134. The second-order valence-electron chi connectivity index (χ2n) is 7.96. The zero-order chi connectivity index (χ0) is 21.3. The summed E-state index contributed by atoms with van der Waals surface area (Å²) in [6.07, 6.45) is 4.93. The number of benzene rings is 2. The van der Waals surface area contributed by atoms with Crippen LogP contribution in [0.15, 0.2) is 54.6 Å². The van der Waals surface area contributed by atoms with Crippen molar-refractivity contribution in [3.05, 3.63) is 70.7 Å². The Morgan fingerprint density at radius 1 is 1.03 bits per heavy atom. The van der Waals surface area contributed by atoms with E-state index in [0.29, 0.717) is 19.5 Å². The first-order chi connectivity index (χ1) is 14.6. The topological polar surface area (TPSA) is 40.6 Å². The second-order valence-corrected chi connectivity index (χ2v) is 8.39. The van der Waals surface area contributed by atoms with Crippen LogP contribution >= 0.6 is 11.6 Å². The molecule has 0 aromatic heterocycles. The first-order valence-electron chi connectivity index (χ1n) is 11.0. The molecule has 0 saturated carbocycles. The number of halogens is 1. The van der Waals surface area contributed by atoms with Gasteiger partial charge in [0.25, 0.3) is 5.91 Å². The smallest absolute Gasteiger partial charge is 0.253 e. The van der Waals surface area contributed by atoms with Crippen molar-refractivity contribution in [1.29, 1.82) is 0 Å². The van der Waals surface area contributed by atoms with E-state index in [-0.39, 0.29) is 17.9 Å². The summed E-state index contributed by atoms with van der Waals surface area (Å²) in [6, 6.07) is 17.5. The number of amides is 2. The Kier molecular flexibility index (Phi) is 8.32. The fourth-order valence-electron chi connectivity index (χ4n) is 4.13. The third kappa shape index (κ3) is 6.09. The van der Waals surface area contributed by atoms with E-state index in [9.17, 15) is 9.59 Å². The van der Waals surface area contributed by atoms with Crippen molar-refractivity contribution in [2.45, 2.75) is 51.5 Å². The minimum absolute atomic E-state index is 0.0883. The molecule has 2 amide bonds. The quantitative estimate of drug-likeness (QED) is 0.581. The molecule has 30 heavy (non-hydrogen) atoms. The molecule has 3 rings (SSSR count). The van der Waals surface area contributed by atoms with Crippen molar-refractivity contribution in [2.75, 3.05) is 19.6 Å². The van der Waals surface area contributed by atoms with Crippen molar-refractivity contribution in [3.8, 4) is 0 Å². The molecular formula is C25H31ClN2O2. The van der Waals surface area contributed by atoms with Crippen LogP contribution in [0.3, 0.4) is 0 Å². The molecule has 0 radical (unpaired) electrons. The minimum Gasteiger partial charge on any atom is -0.340 e. The lowest BCUT2D eigenvalue weighted by Gasteiger charge is -2.38. The molecule has 160 valence electrons. The number of carbonyl (C=O) groups is 2. The predicted octanol–water partition coefficient (Wildman–Crippen LogP) is 5.21. The highest BCUT2D eigenvalue weighted by molar-refractivity contribution is 6.30. The van der Waals surface area contributed by atoms with Crippen LogP contribution in [0.1, 0.15) is 54.9 Å². The highest BCUT2D eigenvalue weighted by Gasteiger charge is 2.29. The van der Waals surface area contributed by atoms with Gasteiger partial charge in [-0.15, -0.1) is 0 Å². The molecule has 1 saturated heterocycles. The Bertz CT molecular complexity index is 815. The third-order valence-corrected chi connectivity index (χ3v) is 6.02. The van der Waals surface area contributed by atoms with Gasteiger partial charge in [0.1, 0.15) is 0 Å². The first-order valence-corrected chi connectivity index (χ1v) is 11.3. The van der Waals surface area contributed by atoms with Crippen LogP contribution in [0.5, 0.6) is 0 Å². The van der Waals surface area contributed by atoms with Gasteiger partial charge < -0.3 is 9.80 Å². The molecule has 2 aromatic rings. The van der Waals surface area contributed by atoms with Crippen LogP contribution in [-0.2, 0) is 11.2 Å². The number of carbonyl (C=O) groups excluding carboxylic acids is 2. The summed E-state index contributed by atoms with van der Waals surface area (Å²) in [5, 5.41) is 0.737. The molecule has 5 heteroatoms. The zero-order valence-corrected chi connectivity index (χ0v) is 18.5. The molecule has 2 aromatic carbocycles. The van der Waals surface area contributed by atoms with Crippen LogP contribution in [-0.4, -0.2) is 47.3 Å². The maximum Gasteiger partial charge on any atom is 0.253 e. The molecule has 0 bridgehead atoms. The largest absolute Gasteiger partial charge is 0.340 e. The van der Waals surface area contributed by atoms with Gasteiger partial charge in [-0.1, -0.05) is 48.9 Å². The van der Waals surface area contributed by atoms with Crippen molar-refractivity contribution in [3.63, 3.8) is 0 Å². The highest BCUT2D eigenvalue weighted by Crippen LogP contribution is 2.21. The van der Waals surface area contributed by atoms with Crippen molar-refractivity contribution >= 4 is 23.4 Å². The van der Waals surface area contributed by atoms with Crippen molar-refractivity contribution in [2.24, 2.45) is 0 Å². The number of likely N-dealkylation sites (tertiary alicyclic amines) is 1. The standard InChI is InChI=1S/C25H31ClN2O2/c1-2-17-28(24(29)10-6-7-20-11-13-22(26)14-12-20)23-15-18-27(19-16-23)25(30)21-8-4-3-5-9-21/h3-5,8-9,11-14,23H,2,6-7,10,15-19H2,1H3. The number of aryl methyl sites for hydroxylation is 1. The van der Waals surface area contributed by atoms with Crippen LogP contribution in [0.25, 0.3) is 0 Å². The maximum absolute atomic E-state index is 12.9. The monoisotopic (exact) mass is 426 g/mol. The Balaban J connectivity index is 1.50. The number of nitrogens with zero attached hydrogens (tertiary/aromatic N) is 2. The number of rotatable bonds is 8. The van der Waals surface area contributed by atoms with Crippen LogP contribution < -0.4 is 0 Å². The third-order valence-electron chi connectivity index (χ3n) is 5.77. The van der Waals surface area contributed by atoms with E-state index in [0.717, 1.165) is 49.2 Å². The molecule has 1 aliphatic rings. The summed E-state index contributed by atoms with van der Waals surface area (Å²) < 4.78 is 0. The van der Waals surface area contributed by atoms with Crippen LogP contribution in [0.2, 0.25) is 5.02 Å². The van der Waals surface area contributed by atoms with Crippen LogP contribution in [0, 0.1) is 0 Å². The Hall–Kier alpha value is -2.33. The number of piperidine rings is 1. The van der Waals surface area contributed by atoms with Gasteiger partial charge in [0.2, 0.25) is 5.91 Å². The van der Waals surface area contributed by atoms with Gasteiger partial charge in [-0.2, -0.15) is 0 Å². The Morgan fingerprint density at radius 2 is 1.70 bits per heavy atom. The Morgan fingerprint density at radius 3 is 2.33 bits per heavy atom. The molecule has 0 spiro atoms. The van der Waals surface area contributed by atoms with E-state index in [1.54, 1.807) is 0 Å². The first kappa shape index (κ1) is 22.4. The van der Waals surface area contributed by atoms with Gasteiger partial charge in [0.05, 0.1) is 0 Å². The van der Waals surface area contributed by atoms with E-state index in [1.807, 2.05) is 59.5 Å². The zero-order valence-electron chi connectivity index (χ0n) is 17.7. The summed E-state index contributed by atoms with van der Waals surface area (Å²) in [6.45, 7) is 4.31. The summed E-state index contributed by atoms with van der Waals surface area (Å²) >= 11 is 5.94. The summed E-state index contributed by atoms with van der Waals surface area (Å²) in [7, 11) is 0. The van der Waals surface area contributed by atoms with E-state index in [4.69, 9.17) is 11.6 Å². The average molecular weight is 427 g/mol. The SMILES string of the molecule is CCCN(C(=O)CCCc1ccc(Cl)cc1)C1CCN(C(=O)c2ccccc2)CC1. The molecule has 0 N–H and O–H groups in total. The fourth-order valence-corrected chi connectivity index (χ4v) is 4.26. The van der Waals surface area contributed by atoms with Gasteiger partial charge >= 0.3 is 0 Å². The predicted molar refractivity (Wildman–Crippen MR) is 122 cm³/mol. The fraction of sp³-hybridized carbons (Fsp3) is 0.440. The van der Waals surface area contributed by atoms with E-state index < -0.39 is 0 Å².